The molecule has 12 heavy (non-hydrogen) atoms. The highest BCUT2D eigenvalue weighted by Crippen LogP contribution is 2.01. The van der Waals surface area contributed by atoms with E-state index in [1.54, 1.807) is 7.11 Å². The van der Waals surface area contributed by atoms with Gasteiger partial charge in [-0.05, 0) is 6.42 Å². The minimum absolute atomic E-state index is 0.420. The van der Waals surface area contributed by atoms with Gasteiger partial charge in [0.15, 0.2) is 0 Å². The lowest BCUT2D eigenvalue weighted by atomic mass is 10.2. The van der Waals surface area contributed by atoms with Gasteiger partial charge in [0.05, 0.1) is 6.10 Å². The maximum atomic E-state index is 5.34. The van der Waals surface area contributed by atoms with Gasteiger partial charge in [-0.2, -0.15) is 0 Å². The average Bonchev–Trinajstić information content (AvgIpc) is 2.16. The second kappa shape index (κ2) is 5.51. The summed E-state index contributed by atoms with van der Waals surface area (Å²) < 4.78 is 5.34. The van der Waals surface area contributed by atoms with Gasteiger partial charge in [-0.3, -0.25) is 4.90 Å². The maximum absolute atomic E-state index is 5.34. The molecule has 0 amide bonds. The predicted molar refractivity (Wildman–Crippen MR) is 50.4 cm³/mol. The molecule has 1 atom stereocenters. The van der Waals surface area contributed by atoms with Crippen LogP contribution in [0.1, 0.15) is 13.3 Å². The zero-order valence-electron chi connectivity index (χ0n) is 8.18. The number of nitrogens with one attached hydrogen (secondary N) is 1. The maximum Gasteiger partial charge on any atom is 0.0695 e. The van der Waals surface area contributed by atoms with Crippen molar-refractivity contribution >= 4 is 0 Å². The minimum Gasteiger partial charge on any atom is -0.380 e. The molecule has 1 saturated heterocycles. The Hall–Kier alpha value is -0.120. The minimum atomic E-state index is 0.420. The highest BCUT2D eigenvalue weighted by atomic mass is 16.5. The van der Waals surface area contributed by atoms with E-state index in [-0.39, 0.29) is 0 Å². The fraction of sp³-hybridized carbons (Fsp3) is 1.00. The predicted octanol–water partition coefficient (Wildman–Crippen LogP) is 0.317. The van der Waals surface area contributed by atoms with Gasteiger partial charge in [-0.1, -0.05) is 6.92 Å². The summed E-state index contributed by atoms with van der Waals surface area (Å²) in [5, 5.41) is 3.34. The van der Waals surface area contributed by atoms with Crippen molar-refractivity contribution in [2.75, 3.05) is 39.8 Å². The van der Waals surface area contributed by atoms with E-state index in [4.69, 9.17) is 4.74 Å². The fourth-order valence-corrected chi connectivity index (χ4v) is 1.55. The van der Waals surface area contributed by atoms with Crippen molar-refractivity contribution in [2.24, 2.45) is 0 Å². The lowest BCUT2D eigenvalue weighted by Gasteiger charge is -2.29. The van der Waals surface area contributed by atoms with Crippen LogP contribution in [-0.2, 0) is 4.74 Å². The number of rotatable bonds is 4. The van der Waals surface area contributed by atoms with E-state index in [2.05, 4.69) is 17.1 Å². The van der Waals surface area contributed by atoms with Crippen molar-refractivity contribution < 1.29 is 4.74 Å². The summed E-state index contributed by atoms with van der Waals surface area (Å²) in [6.45, 7) is 7.85. The molecule has 0 aliphatic carbocycles. The molecule has 1 aliphatic heterocycles. The van der Waals surface area contributed by atoms with E-state index in [0.717, 1.165) is 26.1 Å². The van der Waals surface area contributed by atoms with E-state index in [1.165, 1.54) is 13.1 Å². The Morgan fingerprint density at radius 3 is 2.58 bits per heavy atom. The van der Waals surface area contributed by atoms with E-state index in [0.29, 0.717) is 6.10 Å². The molecule has 1 aliphatic rings. The largest absolute Gasteiger partial charge is 0.380 e. The van der Waals surface area contributed by atoms with Crippen molar-refractivity contribution in [1.82, 2.24) is 10.2 Å². The molecule has 3 nitrogen and oxygen atoms in total. The number of hydrogen-bond acceptors (Lipinski definition) is 3. The summed E-state index contributed by atoms with van der Waals surface area (Å²) >= 11 is 0. The van der Waals surface area contributed by atoms with Crippen molar-refractivity contribution in [1.29, 1.82) is 0 Å². The van der Waals surface area contributed by atoms with Crippen LogP contribution in [0.5, 0.6) is 0 Å². The van der Waals surface area contributed by atoms with Crippen LogP contribution in [-0.4, -0.2) is 50.8 Å². The van der Waals surface area contributed by atoms with Crippen LogP contribution in [0.4, 0.5) is 0 Å². The van der Waals surface area contributed by atoms with Crippen molar-refractivity contribution in [2.45, 2.75) is 19.4 Å². The van der Waals surface area contributed by atoms with Crippen LogP contribution >= 0.6 is 0 Å². The molecule has 0 radical (unpaired) electrons. The summed E-state index contributed by atoms with van der Waals surface area (Å²) in [5.74, 6) is 0. The molecule has 72 valence electrons. The molecule has 1 unspecified atom stereocenters. The zero-order valence-corrected chi connectivity index (χ0v) is 8.18. The van der Waals surface area contributed by atoms with Crippen molar-refractivity contribution in [3.63, 3.8) is 0 Å². The molecule has 3 heteroatoms. The van der Waals surface area contributed by atoms with E-state index in [1.807, 2.05) is 0 Å². The molecule has 0 aromatic carbocycles. The van der Waals surface area contributed by atoms with Gasteiger partial charge >= 0.3 is 0 Å². The van der Waals surface area contributed by atoms with Crippen molar-refractivity contribution in [3.8, 4) is 0 Å². The SMILES string of the molecule is CCC(CN1CCNCC1)OC. The van der Waals surface area contributed by atoms with Crippen molar-refractivity contribution in [3.05, 3.63) is 0 Å². The number of methoxy groups -OCH3 is 1. The normalized spacial score (nSPS) is 22.5. The van der Waals surface area contributed by atoms with Crippen LogP contribution in [0.15, 0.2) is 0 Å². The Morgan fingerprint density at radius 1 is 1.42 bits per heavy atom. The molecule has 0 saturated carbocycles. The monoisotopic (exact) mass is 172 g/mol. The molecular weight excluding hydrogens is 152 g/mol. The average molecular weight is 172 g/mol. The van der Waals surface area contributed by atoms with Crippen LogP contribution in [0.25, 0.3) is 0 Å². The van der Waals surface area contributed by atoms with Crippen LogP contribution in [0.3, 0.4) is 0 Å². The standard InChI is InChI=1S/C9H20N2O/c1-3-9(12-2)8-11-6-4-10-5-7-11/h9-10H,3-8H2,1-2H3. The molecule has 1 N–H and O–H groups in total. The lowest BCUT2D eigenvalue weighted by Crippen LogP contribution is -2.46. The molecule has 0 aromatic heterocycles. The first-order chi connectivity index (χ1) is 5.86. The van der Waals surface area contributed by atoms with Gasteiger partial charge in [0.25, 0.3) is 0 Å². The number of nitrogens with zero attached hydrogens (tertiary/aromatic N) is 1. The zero-order chi connectivity index (χ0) is 8.81. The fourth-order valence-electron chi connectivity index (χ4n) is 1.55. The number of ether oxygens (including phenoxy) is 1. The third-order valence-corrected chi connectivity index (χ3v) is 2.46. The number of hydrogen-bond donors (Lipinski definition) is 1. The molecule has 0 bridgehead atoms. The van der Waals surface area contributed by atoms with Gasteiger partial charge in [-0.15, -0.1) is 0 Å². The smallest absolute Gasteiger partial charge is 0.0695 e. The van der Waals surface area contributed by atoms with E-state index >= 15 is 0 Å². The molecule has 0 spiro atoms. The molecular formula is C9H20N2O. The quantitative estimate of drug-likeness (QED) is 0.661. The van der Waals surface area contributed by atoms with Crippen LogP contribution in [0.2, 0.25) is 0 Å². The summed E-state index contributed by atoms with van der Waals surface area (Å²) in [4.78, 5) is 2.47. The highest BCUT2D eigenvalue weighted by Gasteiger charge is 2.13. The van der Waals surface area contributed by atoms with Gasteiger partial charge < -0.3 is 10.1 Å². The topological polar surface area (TPSA) is 24.5 Å². The van der Waals surface area contributed by atoms with E-state index < -0.39 is 0 Å². The third kappa shape index (κ3) is 3.09. The third-order valence-electron chi connectivity index (χ3n) is 2.46. The van der Waals surface area contributed by atoms with Gasteiger partial charge in [-0.25, -0.2) is 0 Å². The van der Waals surface area contributed by atoms with Gasteiger partial charge in [0, 0.05) is 39.8 Å². The summed E-state index contributed by atoms with van der Waals surface area (Å²) in [5.41, 5.74) is 0. The second-order valence-corrected chi connectivity index (χ2v) is 3.32. The summed E-state index contributed by atoms with van der Waals surface area (Å²) in [6, 6.07) is 0. The lowest BCUT2D eigenvalue weighted by molar-refractivity contribution is 0.0575. The first-order valence-electron chi connectivity index (χ1n) is 4.82. The van der Waals surface area contributed by atoms with Gasteiger partial charge in [0.2, 0.25) is 0 Å². The highest BCUT2D eigenvalue weighted by molar-refractivity contribution is 4.70. The first-order valence-corrected chi connectivity index (χ1v) is 4.82. The van der Waals surface area contributed by atoms with Crippen LogP contribution in [0, 0.1) is 0 Å². The van der Waals surface area contributed by atoms with E-state index in [9.17, 15) is 0 Å². The molecule has 1 fully saturated rings. The Balaban J connectivity index is 2.18. The number of piperazine rings is 1. The molecule has 1 heterocycles. The molecule has 1 rings (SSSR count). The van der Waals surface area contributed by atoms with Crippen LogP contribution < -0.4 is 5.32 Å². The summed E-state index contributed by atoms with van der Waals surface area (Å²) in [7, 11) is 1.80. The van der Waals surface area contributed by atoms with Gasteiger partial charge in [0.1, 0.15) is 0 Å². The Morgan fingerprint density at radius 2 is 2.08 bits per heavy atom. The Labute approximate surface area is 75.1 Å². The Bertz CT molecular complexity index is 109. The Kier molecular flexibility index (Phi) is 4.58. The molecule has 0 aromatic rings. The summed E-state index contributed by atoms with van der Waals surface area (Å²) in [6.07, 6.45) is 1.53. The second-order valence-electron chi connectivity index (χ2n) is 3.32. The first kappa shape index (κ1) is 9.96.